The van der Waals surface area contributed by atoms with E-state index in [0.717, 1.165) is 29.3 Å². The second kappa shape index (κ2) is 18.5. The summed E-state index contributed by atoms with van der Waals surface area (Å²) in [5.74, 6) is 1.42. The van der Waals surface area contributed by atoms with Crippen LogP contribution in [0.2, 0.25) is 18.1 Å². The zero-order chi connectivity index (χ0) is 44.2. The van der Waals surface area contributed by atoms with Gasteiger partial charge >= 0.3 is 12.2 Å². The third kappa shape index (κ3) is 12.4. The molecule has 0 aliphatic carbocycles. The van der Waals surface area contributed by atoms with Crippen molar-refractivity contribution in [2.45, 2.75) is 131 Å². The van der Waals surface area contributed by atoms with E-state index < -0.39 is 19.5 Å². The average molecular weight is 837 g/mol. The molecule has 3 N–H and O–H groups in total. The highest BCUT2D eigenvalue weighted by Gasteiger charge is 2.40. The van der Waals surface area contributed by atoms with E-state index in [0.29, 0.717) is 45.1 Å². The fourth-order valence-electron chi connectivity index (χ4n) is 7.01. The van der Waals surface area contributed by atoms with Crippen LogP contribution in [-0.4, -0.2) is 126 Å². The first-order valence-electron chi connectivity index (χ1n) is 20.8. The van der Waals surface area contributed by atoms with Crippen LogP contribution >= 0.6 is 0 Å². The molecular formula is C44H72N8O6Si. The third-order valence-electron chi connectivity index (χ3n) is 11.2. The molecule has 0 radical (unpaired) electrons. The number of aryl methyl sites for hydroxylation is 4. The minimum absolute atomic E-state index is 0.100. The van der Waals surface area contributed by atoms with Crippen molar-refractivity contribution in [2.24, 2.45) is 0 Å². The number of carbonyl (C=O) groups excluding carboxylic acids is 2. The number of nitrogens with zero attached hydrogens (tertiary/aromatic N) is 7. The lowest BCUT2D eigenvalue weighted by molar-refractivity contribution is 0.00651. The first-order valence-corrected chi connectivity index (χ1v) is 23.7. The summed E-state index contributed by atoms with van der Waals surface area (Å²) in [6.07, 6.45) is 3.05. The zero-order valence-electron chi connectivity index (χ0n) is 38.5. The lowest BCUT2D eigenvalue weighted by Gasteiger charge is -2.44. The standard InChI is InChI=1S/C28H46N4O3Si.C16H26N4O3/c1-20-16-25(32-21(2)12-13-22(32)3)29-17-24(20)30-14-15-31(26(33)35-27(4,5)6)23(18-30)19-34-36(10,11)28(7,8)9;1-11-7-14(17)18-8-13(11)19-5-6-20(12(9-19)10-21)15(22)23-16(2,3)4/h12-13,16-17,23H,14-15,18-19H2,1-11H3;7-8,12,21H,5-6,9-10H2,1-4H3,(H2,17,18)/t23-;12-/m11/s1. The number of ether oxygens (including phenoxy) is 2. The maximum absolute atomic E-state index is 13.1. The molecule has 2 atom stereocenters. The van der Waals surface area contributed by atoms with Crippen molar-refractivity contribution in [3.8, 4) is 5.82 Å². The van der Waals surface area contributed by atoms with Gasteiger partial charge in [0, 0.05) is 50.7 Å². The van der Waals surface area contributed by atoms with Crippen molar-refractivity contribution in [1.82, 2.24) is 24.3 Å². The van der Waals surface area contributed by atoms with Gasteiger partial charge in [0.1, 0.15) is 22.8 Å². The minimum Gasteiger partial charge on any atom is -0.444 e. The highest BCUT2D eigenvalue weighted by molar-refractivity contribution is 6.74. The summed E-state index contributed by atoms with van der Waals surface area (Å²) >= 11 is 0. The van der Waals surface area contributed by atoms with Crippen molar-refractivity contribution in [3.05, 3.63) is 59.2 Å². The minimum atomic E-state index is -1.97. The number of piperazine rings is 2. The Morgan fingerprint density at radius 2 is 1.20 bits per heavy atom. The summed E-state index contributed by atoms with van der Waals surface area (Å²) in [6, 6.07) is 7.79. The van der Waals surface area contributed by atoms with E-state index in [1.807, 2.05) is 65.6 Å². The van der Waals surface area contributed by atoms with Gasteiger partial charge in [-0.3, -0.25) is 9.80 Å². The van der Waals surface area contributed by atoms with E-state index in [1.54, 1.807) is 11.1 Å². The lowest BCUT2D eigenvalue weighted by atomic mass is 10.1. The van der Waals surface area contributed by atoms with Crippen LogP contribution in [0.4, 0.5) is 26.8 Å². The first kappa shape index (κ1) is 47.3. The molecule has 3 aromatic heterocycles. The molecule has 0 unspecified atom stereocenters. The number of amides is 2. The number of nitrogens with two attached hydrogens (primary N) is 1. The van der Waals surface area contributed by atoms with Crippen molar-refractivity contribution in [1.29, 1.82) is 0 Å². The number of hydrogen-bond donors (Lipinski definition) is 2. The molecule has 0 saturated carbocycles. The van der Waals surface area contributed by atoms with E-state index in [1.165, 1.54) is 17.0 Å². The molecule has 59 heavy (non-hydrogen) atoms. The molecular weight excluding hydrogens is 765 g/mol. The molecule has 2 amide bonds. The molecule has 328 valence electrons. The number of pyridine rings is 2. The Morgan fingerprint density at radius 1 is 0.746 bits per heavy atom. The Hall–Kier alpha value is -4.34. The van der Waals surface area contributed by atoms with Gasteiger partial charge in [-0.25, -0.2) is 19.6 Å². The highest BCUT2D eigenvalue weighted by atomic mass is 28.4. The van der Waals surface area contributed by atoms with Crippen LogP contribution < -0.4 is 15.5 Å². The van der Waals surface area contributed by atoms with Gasteiger partial charge in [0.25, 0.3) is 0 Å². The molecule has 0 aromatic carbocycles. The Morgan fingerprint density at radius 3 is 1.64 bits per heavy atom. The van der Waals surface area contributed by atoms with E-state index in [2.05, 4.69) is 92.2 Å². The Bertz CT molecular complexity index is 1890. The molecule has 2 saturated heterocycles. The average Bonchev–Trinajstić information content (AvgIpc) is 3.45. The fourth-order valence-corrected chi connectivity index (χ4v) is 8.05. The Balaban J connectivity index is 0.000000288. The van der Waals surface area contributed by atoms with Crippen LogP contribution in [0.25, 0.3) is 5.82 Å². The Kier molecular flexibility index (Phi) is 14.8. The summed E-state index contributed by atoms with van der Waals surface area (Å²) < 4.78 is 19.9. The molecule has 0 bridgehead atoms. The Labute approximate surface area is 354 Å². The zero-order valence-corrected chi connectivity index (χ0v) is 39.5. The largest absolute Gasteiger partial charge is 0.444 e. The summed E-state index contributed by atoms with van der Waals surface area (Å²) in [4.78, 5) is 42.3. The van der Waals surface area contributed by atoms with E-state index in [9.17, 15) is 14.7 Å². The summed E-state index contributed by atoms with van der Waals surface area (Å²) in [7, 11) is -1.97. The monoisotopic (exact) mass is 837 g/mol. The van der Waals surface area contributed by atoms with Crippen LogP contribution in [0.5, 0.6) is 0 Å². The summed E-state index contributed by atoms with van der Waals surface area (Å²) in [5.41, 5.74) is 11.2. The first-order chi connectivity index (χ1) is 27.2. The van der Waals surface area contributed by atoms with Crippen LogP contribution in [0, 0.1) is 27.7 Å². The number of carbonyl (C=O) groups is 2. The number of aliphatic hydroxyl groups excluding tert-OH is 1. The van der Waals surface area contributed by atoms with E-state index >= 15 is 0 Å². The second-order valence-corrected chi connectivity index (χ2v) is 24.3. The number of aliphatic hydroxyl groups is 1. The number of aromatic nitrogens is 3. The van der Waals surface area contributed by atoms with Crippen molar-refractivity contribution >= 4 is 37.7 Å². The highest BCUT2D eigenvalue weighted by Crippen LogP contribution is 2.37. The SMILES string of the molecule is Cc1cc(-n2c(C)ccc2C)ncc1N1CCN(C(=O)OC(C)(C)C)[C@@H](CO[Si](C)(C)C(C)(C)C)C1.Cc1cc(N)ncc1N1CCN(C(=O)OC(C)(C)C)[C@@H](CO)C1. The molecule has 5 heterocycles. The maximum Gasteiger partial charge on any atom is 0.410 e. The van der Waals surface area contributed by atoms with E-state index in [-0.39, 0.29) is 35.9 Å². The predicted molar refractivity (Wildman–Crippen MR) is 239 cm³/mol. The van der Waals surface area contributed by atoms with Gasteiger partial charge in [-0.05, 0) is 123 Å². The molecule has 14 nitrogen and oxygen atoms in total. The van der Waals surface area contributed by atoms with E-state index in [4.69, 9.17) is 24.6 Å². The number of rotatable bonds is 7. The van der Waals surface area contributed by atoms with Gasteiger partial charge in [-0.15, -0.1) is 0 Å². The molecule has 2 aliphatic rings. The molecule has 2 fully saturated rings. The fraction of sp³-hybridized carbons (Fsp3) is 0.636. The van der Waals surface area contributed by atoms with Gasteiger partial charge in [0.15, 0.2) is 8.32 Å². The smallest absolute Gasteiger partial charge is 0.410 e. The third-order valence-corrected chi connectivity index (χ3v) is 15.7. The number of anilines is 3. The predicted octanol–water partition coefficient (Wildman–Crippen LogP) is 7.64. The molecule has 3 aromatic rings. The van der Waals surface area contributed by atoms with Crippen LogP contribution in [-0.2, 0) is 13.9 Å². The summed E-state index contributed by atoms with van der Waals surface area (Å²) in [5, 5.41) is 9.78. The van der Waals surface area contributed by atoms with Crippen molar-refractivity contribution < 1.29 is 28.6 Å². The quantitative estimate of drug-likeness (QED) is 0.226. The molecule has 5 rings (SSSR count). The van der Waals surface area contributed by atoms with Crippen LogP contribution in [0.1, 0.15) is 84.8 Å². The topological polar surface area (TPSA) is 152 Å². The van der Waals surface area contributed by atoms with Gasteiger partial charge in [-0.1, -0.05) is 20.8 Å². The molecule has 2 aliphatic heterocycles. The molecule has 15 heteroatoms. The summed E-state index contributed by atoms with van der Waals surface area (Å²) in [6.45, 7) is 34.8. The van der Waals surface area contributed by atoms with Crippen molar-refractivity contribution in [3.63, 3.8) is 0 Å². The van der Waals surface area contributed by atoms with Gasteiger partial charge < -0.3 is 39.1 Å². The van der Waals surface area contributed by atoms with Crippen LogP contribution in [0.3, 0.4) is 0 Å². The van der Waals surface area contributed by atoms with Crippen LogP contribution in [0.15, 0.2) is 36.7 Å². The second-order valence-electron chi connectivity index (χ2n) is 19.5. The normalized spacial score (nSPS) is 18.0. The van der Waals surface area contributed by atoms with Gasteiger partial charge in [0.2, 0.25) is 0 Å². The number of hydrogen-bond acceptors (Lipinski definition) is 11. The lowest BCUT2D eigenvalue weighted by Crippen LogP contribution is -2.59. The maximum atomic E-state index is 13.1. The van der Waals surface area contributed by atoms with Crippen molar-refractivity contribution in [2.75, 3.05) is 68.0 Å². The van der Waals surface area contributed by atoms with Gasteiger partial charge in [0.05, 0.1) is 49.1 Å². The number of nitrogen functional groups attached to an aromatic ring is 1. The molecule has 0 spiro atoms. The van der Waals surface area contributed by atoms with Gasteiger partial charge in [-0.2, -0.15) is 0 Å².